The van der Waals surface area contributed by atoms with Crippen molar-refractivity contribution in [3.63, 3.8) is 0 Å². The Labute approximate surface area is 110 Å². The summed E-state index contributed by atoms with van der Waals surface area (Å²) < 4.78 is 10.8. The normalized spacial score (nSPS) is 11.9. The lowest BCUT2D eigenvalue weighted by Crippen LogP contribution is -2.42. The molecule has 102 valence electrons. The molecule has 1 aromatic rings. The van der Waals surface area contributed by atoms with E-state index in [0.29, 0.717) is 6.61 Å². The fourth-order valence-corrected chi connectivity index (χ4v) is 1.71. The van der Waals surface area contributed by atoms with E-state index >= 15 is 0 Å². The Morgan fingerprint density at radius 3 is 2.28 bits per heavy atom. The number of rotatable bonds is 7. The zero-order valence-electron chi connectivity index (χ0n) is 12.1. The van der Waals surface area contributed by atoms with Gasteiger partial charge in [-0.05, 0) is 45.4 Å². The Morgan fingerprint density at radius 1 is 1.17 bits per heavy atom. The SMILES string of the molecule is COCC(C)(C)NCc1ccc(OC(C)C)cc1. The smallest absolute Gasteiger partial charge is 0.119 e. The van der Waals surface area contributed by atoms with Gasteiger partial charge in [0.2, 0.25) is 0 Å². The standard InChI is InChI=1S/C15H25NO2/c1-12(2)18-14-8-6-13(7-9-14)10-16-15(3,4)11-17-5/h6-9,12,16H,10-11H2,1-5H3. The molecule has 3 heteroatoms. The van der Waals surface area contributed by atoms with Crippen LogP contribution in [0.2, 0.25) is 0 Å². The van der Waals surface area contributed by atoms with Crippen LogP contribution in [0.5, 0.6) is 5.75 Å². The fraction of sp³-hybridized carbons (Fsp3) is 0.600. The van der Waals surface area contributed by atoms with Gasteiger partial charge in [0, 0.05) is 19.2 Å². The molecule has 1 rings (SSSR count). The van der Waals surface area contributed by atoms with Crippen molar-refractivity contribution in [2.75, 3.05) is 13.7 Å². The molecule has 18 heavy (non-hydrogen) atoms. The second-order valence-corrected chi connectivity index (χ2v) is 5.48. The van der Waals surface area contributed by atoms with Crippen molar-refractivity contribution < 1.29 is 9.47 Å². The molecule has 0 bridgehead atoms. The first-order chi connectivity index (χ1) is 8.43. The van der Waals surface area contributed by atoms with Crippen molar-refractivity contribution in [3.05, 3.63) is 29.8 Å². The van der Waals surface area contributed by atoms with Crippen molar-refractivity contribution in [2.24, 2.45) is 0 Å². The Hall–Kier alpha value is -1.06. The van der Waals surface area contributed by atoms with E-state index in [1.54, 1.807) is 7.11 Å². The maximum atomic E-state index is 5.61. The second kappa shape index (κ2) is 6.76. The largest absolute Gasteiger partial charge is 0.491 e. The van der Waals surface area contributed by atoms with E-state index in [0.717, 1.165) is 12.3 Å². The quantitative estimate of drug-likeness (QED) is 0.808. The molecule has 1 N–H and O–H groups in total. The molecule has 0 aliphatic heterocycles. The summed E-state index contributed by atoms with van der Waals surface area (Å²) in [6, 6.07) is 8.21. The van der Waals surface area contributed by atoms with E-state index < -0.39 is 0 Å². The van der Waals surface area contributed by atoms with E-state index in [4.69, 9.17) is 9.47 Å². The predicted octanol–water partition coefficient (Wildman–Crippen LogP) is 2.99. The highest BCUT2D eigenvalue weighted by Gasteiger charge is 2.15. The number of hydrogen-bond acceptors (Lipinski definition) is 3. The van der Waals surface area contributed by atoms with Crippen LogP contribution in [-0.2, 0) is 11.3 Å². The van der Waals surface area contributed by atoms with E-state index in [1.807, 2.05) is 26.0 Å². The van der Waals surface area contributed by atoms with Crippen LogP contribution in [0.15, 0.2) is 24.3 Å². The van der Waals surface area contributed by atoms with Crippen molar-refractivity contribution in [2.45, 2.75) is 45.9 Å². The Bertz CT molecular complexity index is 344. The lowest BCUT2D eigenvalue weighted by molar-refractivity contribution is 0.127. The van der Waals surface area contributed by atoms with E-state index in [-0.39, 0.29) is 11.6 Å². The highest BCUT2D eigenvalue weighted by atomic mass is 16.5. The number of methoxy groups -OCH3 is 1. The second-order valence-electron chi connectivity index (χ2n) is 5.48. The summed E-state index contributed by atoms with van der Waals surface area (Å²) in [5, 5.41) is 3.47. The molecule has 1 aromatic carbocycles. The van der Waals surface area contributed by atoms with Gasteiger partial charge in [0.15, 0.2) is 0 Å². The van der Waals surface area contributed by atoms with Crippen LogP contribution in [0.1, 0.15) is 33.3 Å². The summed E-state index contributed by atoms with van der Waals surface area (Å²) in [5.41, 5.74) is 1.23. The molecule has 0 aliphatic carbocycles. The molecule has 0 fully saturated rings. The maximum absolute atomic E-state index is 5.61. The van der Waals surface area contributed by atoms with Crippen LogP contribution in [0.4, 0.5) is 0 Å². The third kappa shape index (κ3) is 5.52. The Balaban J connectivity index is 2.48. The molecule has 0 spiro atoms. The Morgan fingerprint density at radius 2 is 1.78 bits per heavy atom. The van der Waals surface area contributed by atoms with Gasteiger partial charge in [0.25, 0.3) is 0 Å². The lowest BCUT2D eigenvalue weighted by Gasteiger charge is -2.25. The van der Waals surface area contributed by atoms with Crippen molar-refractivity contribution in [3.8, 4) is 5.75 Å². The summed E-state index contributed by atoms with van der Waals surface area (Å²) >= 11 is 0. The van der Waals surface area contributed by atoms with Gasteiger partial charge in [-0.25, -0.2) is 0 Å². The van der Waals surface area contributed by atoms with Crippen molar-refractivity contribution >= 4 is 0 Å². The molecular weight excluding hydrogens is 226 g/mol. The first-order valence-corrected chi connectivity index (χ1v) is 6.42. The fourth-order valence-electron chi connectivity index (χ4n) is 1.71. The number of nitrogens with one attached hydrogen (secondary N) is 1. The third-order valence-electron chi connectivity index (χ3n) is 2.57. The predicted molar refractivity (Wildman–Crippen MR) is 75.0 cm³/mol. The van der Waals surface area contributed by atoms with Gasteiger partial charge in [-0.3, -0.25) is 0 Å². The van der Waals surface area contributed by atoms with Crippen LogP contribution in [-0.4, -0.2) is 25.4 Å². The highest BCUT2D eigenvalue weighted by molar-refractivity contribution is 5.27. The van der Waals surface area contributed by atoms with Crippen LogP contribution in [0, 0.1) is 0 Å². The first-order valence-electron chi connectivity index (χ1n) is 6.42. The van der Waals surface area contributed by atoms with Gasteiger partial charge < -0.3 is 14.8 Å². The minimum absolute atomic E-state index is 0.0120. The molecule has 0 aliphatic rings. The van der Waals surface area contributed by atoms with Gasteiger partial charge in [0.05, 0.1) is 12.7 Å². The summed E-state index contributed by atoms with van der Waals surface area (Å²) in [4.78, 5) is 0. The van der Waals surface area contributed by atoms with Crippen LogP contribution in [0.25, 0.3) is 0 Å². The van der Waals surface area contributed by atoms with Gasteiger partial charge in [-0.1, -0.05) is 12.1 Å². The van der Waals surface area contributed by atoms with E-state index in [9.17, 15) is 0 Å². The lowest BCUT2D eigenvalue weighted by atomic mass is 10.1. The van der Waals surface area contributed by atoms with E-state index in [2.05, 4.69) is 31.3 Å². The Kier molecular flexibility index (Phi) is 5.63. The molecule has 0 saturated heterocycles. The van der Waals surface area contributed by atoms with Crippen LogP contribution in [0.3, 0.4) is 0 Å². The molecular formula is C15H25NO2. The van der Waals surface area contributed by atoms with Gasteiger partial charge in [-0.2, -0.15) is 0 Å². The maximum Gasteiger partial charge on any atom is 0.119 e. The van der Waals surface area contributed by atoms with Gasteiger partial charge in [-0.15, -0.1) is 0 Å². The molecule has 0 amide bonds. The number of ether oxygens (including phenoxy) is 2. The molecule has 0 radical (unpaired) electrons. The topological polar surface area (TPSA) is 30.5 Å². The summed E-state index contributed by atoms with van der Waals surface area (Å²) in [6.07, 6.45) is 0.217. The van der Waals surface area contributed by atoms with Gasteiger partial charge >= 0.3 is 0 Å². The molecule has 0 atom stereocenters. The molecule has 0 saturated carbocycles. The number of hydrogen-bond donors (Lipinski definition) is 1. The van der Waals surface area contributed by atoms with E-state index in [1.165, 1.54) is 5.56 Å². The van der Waals surface area contributed by atoms with Crippen LogP contribution >= 0.6 is 0 Å². The third-order valence-corrected chi connectivity index (χ3v) is 2.57. The molecule has 0 unspecified atom stereocenters. The monoisotopic (exact) mass is 251 g/mol. The summed E-state index contributed by atoms with van der Waals surface area (Å²) in [6.45, 7) is 9.85. The minimum Gasteiger partial charge on any atom is -0.491 e. The zero-order chi connectivity index (χ0) is 13.6. The van der Waals surface area contributed by atoms with Gasteiger partial charge in [0.1, 0.15) is 5.75 Å². The zero-order valence-corrected chi connectivity index (χ0v) is 12.1. The van der Waals surface area contributed by atoms with Crippen molar-refractivity contribution in [1.82, 2.24) is 5.32 Å². The summed E-state index contributed by atoms with van der Waals surface area (Å²) in [5.74, 6) is 0.921. The number of benzene rings is 1. The molecule has 0 aromatic heterocycles. The van der Waals surface area contributed by atoms with Crippen molar-refractivity contribution in [1.29, 1.82) is 0 Å². The molecule has 0 heterocycles. The van der Waals surface area contributed by atoms with Crippen LogP contribution < -0.4 is 10.1 Å². The average Bonchev–Trinajstić information content (AvgIpc) is 2.27. The highest BCUT2D eigenvalue weighted by Crippen LogP contribution is 2.14. The average molecular weight is 251 g/mol. The summed E-state index contributed by atoms with van der Waals surface area (Å²) in [7, 11) is 1.72. The molecule has 3 nitrogen and oxygen atoms in total. The minimum atomic E-state index is -0.0120. The first kappa shape index (κ1) is 15.0.